The molecule has 1 saturated carbocycles. The van der Waals surface area contributed by atoms with Crippen LogP contribution in [0.5, 0.6) is 5.75 Å². The van der Waals surface area contributed by atoms with Crippen molar-refractivity contribution in [2.24, 2.45) is 5.92 Å². The van der Waals surface area contributed by atoms with Crippen molar-refractivity contribution in [1.29, 1.82) is 0 Å². The summed E-state index contributed by atoms with van der Waals surface area (Å²) in [5.41, 5.74) is -0.128. The fourth-order valence-electron chi connectivity index (χ4n) is 2.65. The molecule has 6 nitrogen and oxygen atoms in total. The molecular weight excluding hydrogens is 272 g/mol. The maximum absolute atomic E-state index is 11.9. The van der Waals surface area contributed by atoms with Crippen LogP contribution < -0.4 is 10.1 Å². The third kappa shape index (κ3) is 4.18. The number of benzene rings is 1. The van der Waals surface area contributed by atoms with Crippen molar-refractivity contribution in [3.05, 3.63) is 34.4 Å². The molecule has 0 spiro atoms. The summed E-state index contributed by atoms with van der Waals surface area (Å²) >= 11 is 0. The minimum Gasteiger partial charge on any atom is -0.477 e. The summed E-state index contributed by atoms with van der Waals surface area (Å²) in [6.07, 6.45) is 4.44. The highest BCUT2D eigenvalue weighted by Gasteiger charge is 2.23. The van der Waals surface area contributed by atoms with Crippen LogP contribution in [-0.4, -0.2) is 23.5 Å². The smallest absolute Gasteiger partial charge is 0.310 e. The highest BCUT2D eigenvalue weighted by atomic mass is 16.6. The molecule has 6 heteroatoms. The molecule has 0 aromatic heterocycles. The Bertz CT molecular complexity index is 518. The predicted octanol–water partition coefficient (Wildman–Crippen LogP) is 2.67. The quantitative estimate of drug-likeness (QED) is 0.668. The maximum atomic E-state index is 11.9. The Morgan fingerprint density at radius 2 is 2.10 bits per heavy atom. The van der Waals surface area contributed by atoms with Crippen LogP contribution in [-0.2, 0) is 4.79 Å². The van der Waals surface area contributed by atoms with Gasteiger partial charge in [-0.3, -0.25) is 14.9 Å². The number of nitrogens with one attached hydrogen (secondary N) is 1. The van der Waals surface area contributed by atoms with Gasteiger partial charge in [-0.25, -0.2) is 0 Å². The van der Waals surface area contributed by atoms with Gasteiger partial charge >= 0.3 is 5.69 Å². The highest BCUT2D eigenvalue weighted by molar-refractivity contribution is 5.78. The molecule has 1 aromatic rings. The van der Waals surface area contributed by atoms with Crippen LogP contribution in [0.15, 0.2) is 24.3 Å². The van der Waals surface area contributed by atoms with E-state index in [1.165, 1.54) is 18.6 Å². The molecule has 1 fully saturated rings. The van der Waals surface area contributed by atoms with E-state index in [0.717, 1.165) is 19.3 Å². The number of carbonyl (C=O) groups is 1. The molecule has 0 aliphatic heterocycles. The van der Waals surface area contributed by atoms with Gasteiger partial charge < -0.3 is 10.1 Å². The number of nitrogens with zero attached hydrogens (tertiary/aromatic N) is 1. The molecule has 2 rings (SSSR count). The SMILES string of the molecule is C[C@H]1CCCC[C@H]1NC(=O)COc1ccccc1[N+](=O)[O-]. The lowest BCUT2D eigenvalue weighted by atomic mass is 9.86. The number of nitro benzene ring substituents is 1. The second-order valence-electron chi connectivity index (χ2n) is 5.45. The van der Waals surface area contributed by atoms with Gasteiger partial charge in [0.25, 0.3) is 5.91 Å². The monoisotopic (exact) mass is 292 g/mol. The number of hydrogen-bond acceptors (Lipinski definition) is 4. The van der Waals surface area contributed by atoms with Gasteiger partial charge in [-0.1, -0.05) is 31.9 Å². The van der Waals surface area contributed by atoms with Crippen LogP contribution in [0.2, 0.25) is 0 Å². The molecule has 1 aromatic carbocycles. The number of hydrogen-bond donors (Lipinski definition) is 1. The average Bonchev–Trinajstić information content (AvgIpc) is 2.48. The van der Waals surface area contributed by atoms with Gasteiger partial charge in [0.15, 0.2) is 12.4 Å². The Morgan fingerprint density at radius 1 is 1.38 bits per heavy atom. The zero-order valence-corrected chi connectivity index (χ0v) is 12.1. The molecule has 1 aliphatic rings. The van der Waals surface area contributed by atoms with Crippen LogP contribution in [0.25, 0.3) is 0 Å². The van der Waals surface area contributed by atoms with Crippen LogP contribution in [0.3, 0.4) is 0 Å². The third-order valence-corrected chi connectivity index (χ3v) is 3.88. The van der Waals surface area contributed by atoms with Crippen LogP contribution in [0, 0.1) is 16.0 Å². The van der Waals surface area contributed by atoms with Gasteiger partial charge in [0, 0.05) is 12.1 Å². The number of para-hydroxylation sites is 2. The Hall–Kier alpha value is -2.11. The topological polar surface area (TPSA) is 81.5 Å². The van der Waals surface area contributed by atoms with E-state index >= 15 is 0 Å². The summed E-state index contributed by atoms with van der Waals surface area (Å²) in [4.78, 5) is 22.2. The zero-order valence-electron chi connectivity index (χ0n) is 12.1. The van der Waals surface area contributed by atoms with E-state index in [4.69, 9.17) is 4.74 Å². The first kappa shape index (κ1) is 15.3. The molecule has 0 saturated heterocycles. The Kier molecular flexibility index (Phi) is 5.14. The van der Waals surface area contributed by atoms with Gasteiger partial charge in [0.2, 0.25) is 0 Å². The molecule has 0 unspecified atom stereocenters. The summed E-state index contributed by atoms with van der Waals surface area (Å²) in [6.45, 7) is 1.93. The van der Waals surface area contributed by atoms with Gasteiger partial charge in [0.05, 0.1) is 4.92 Å². The molecule has 0 heterocycles. The van der Waals surface area contributed by atoms with Crippen molar-refractivity contribution in [3.8, 4) is 5.75 Å². The van der Waals surface area contributed by atoms with E-state index < -0.39 is 4.92 Å². The first-order valence-electron chi connectivity index (χ1n) is 7.23. The molecule has 2 atom stereocenters. The van der Waals surface area contributed by atoms with Crippen molar-refractivity contribution >= 4 is 11.6 Å². The fourth-order valence-corrected chi connectivity index (χ4v) is 2.65. The van der Waals surface area contributed by atoms with Crippen molar-refractivity contribution < 1.29 is 14.5 Å². The first-order valence-corrected chi connectivity index (χ1v) is 7.23. The lowest BCUT2D eigenvalue weighted by molar-refractivity contribution is -0.385. The van der Waals surface area contributed by atoms with Gasteiger partial charge in [-0.05, 0) is 24.8 Å². The maximum Gasteiger partial charge on any atom is 0.310 e. The molecule has 21 heavy (non-hydrogen) atoms. The van der Waals surface area contributed by atoms with Gasteiger partial charge in [-0.2, -0.15) is 0 Å². The summed E-state index contributed by atoms with van der Waals surface area (Å²) in [5.74, 6) is 0.356. The third-order valence-electron chi connectivity index (χ3n) is 3.88. The fraction of sp³-hybridized carbons (Fsp3) is 0.533. The Morgan fingerprint density at radius 3 is 2.81 bits per heavy atom. The second-order valence-corrected chi connectivity index (χ2v) is 5.45. The van der Waals surface area contributed by atoms with E-state index in [0.29, 0.717) is 5.92 Å². The van der Waals surface area contributed by atoms with E-state index in [1.54, 1.807) is 12.1 Å². The minimum absolute atomic E-state index is 0.120. The number of rotatable bonds is 5. The van der Waals surface area contributed by atoms with Crippen LogP contribution >= 0.6 is 0 Å². The molecule has 1 amide bonds. The summed E-state index contributed by atoms with van der Waals surface area (Å²) in [7, 11) is 0. The van der Waals surface area contributed by atoms with Gasteiger partial charge in [-0.15, -0.1) is 0 Å². The molecular formula is C15H20N2O4. The number of ether oxygens (including phenoxy) is 1. The normalized spacial score (nSPS) is 21.6. The molecule has 114 valence electrons. The number of amides is 1. The Balaban J connectivity index is 1.88. The minimum atomic E-state index is -0.517. The predicted molar refractivity (Wildman–Crippen MR) is 78.2 cm³/mol. The van der Waals surface area contributed by atoms with Crippen molar-refractivity contribution in [2.45, 2.75) is 38.6 Å². The summed E-state index contributed by atoms with van der Waals surface area (Å²) in [6, 6.07) is 6.24. The summed E-state index contributed by atoms with van der Waals surface area (Å²) < 4.78 is 5.28. The molecule has 0 radical (unpaired) electrons. The van der Waals surface area contributed by atoms with E-state index in [-0.39, 0.29) is 30.0 Å². The van der Waals surface area contributed by atoms with Crippen LogP contribution in [0.1, 0.15) is 32.6 Å². The second kappa shape index (κ2) is 7.06. The van der Waals surface area contributed by atoms with Crippen molar-refractivity contribution in [2.75, 3.05) is 6.61 Å². The van der Waals surface area contributed by atoms with E-state index in [2.05, 4.69) is 12.2 Å². The van der Waals surface area contributed by atoms with Crippen molar-refractivity contribution in [3.63, 3.8) is 0 Å². The van der Waals surface area contributed by atoms with Crippen molar-refractivity contribution in [1.82, 2.24) is 5.32 Å². The Labute approximate surface area is 123 Å². The first-order chi connectivity index (χ1) is 10.1. The lowest BCUT2D eigenvalue weighted by Gasteiger charge is -2.29. The lowest BCUT2D eigenvalue weighted by Crippen LogP contribution is -2.43. The number of nitro groups is 1. The average molecular weight is 292 g/mol. The van der Waals surface area contributed by atoms with E-state index in [1.807, 2.05) is 0 Å². The molecule has 1 aliphatic carbocycles. The van der Waals surface area contributed by atoms with E-state index in [9.17, 15) is 14.9 Å². The molecule has 0 bridgehead atoms. The van der Waals surface area contributed by atoms with Crippen LogP contribution in [0.4, 0.5) is 5.69 Å². The number of carbonyl (C=O) groups excluding carboxylic acids is 1. The zero-order chi connectivity index (χ0) is 15.2. The largest absolute Gasteiger partial charge is 0.477 e. The molecule has 1 N–H and O–H groups in total. The highest BCUT2D eigenvalue weighted by Crippen LogP contribution is 2.26. The van der Waals surface area contributed by atoms with Gasteiger partial charge in [0.1, 0.15) is 0 Å². The summed E-state index contributed by atoms with van der Waals surface area (Å²) in [5, 5.41) is 13.8. The standard InChI is InChI=1S/C15H20N2O4/c1-11-6-2-3-7-12(11)16-15(18)10-21-14-9-5-4-8-13(14)17(19)20/h4-5,8-9,11-12H,2-3,6-7,10H2,1H3,(H,16,18)/t11-,12+/m0/s1.